The molecule has 1 aromatic heterocycles. The molecule has 1 aliphatic heterocycles. The Balaban J connectivity index is 1.43. The zero-order valence-electron chi connectivity index (χ0n) is 28.0. The molecule has 1 aliphatic rings. The van der Waals surface area contributed by atoms with E-state index in [1.54, 1.807) is 0 Å². The van der Waals surface area contributed by atoms with E-state index in [-0.39, 0.29) is 6.71 Å². The highest BCUT2D eigenvalue weighted by molar-refractivity contribution is 7.27. The largest absolute Gasteiger partial charge is 0.493 e. The van der Waals surface area contributed by atoms with E-state index in [2.05, 4.69) is 71.0 Å². The van der Waals surface area contributed by atoms with Crippen LogP contribution in [0.1, 0.15) is 133 Å². The standard InChI is InChI=1S/C39H57BO2S/c1-6-8-10-12-14-16-18-20-24-41-37-28-33-34-29-38(42-25-21-19-17-15-13-11-9-7-2)31(4)27-36(34)40(35(33)26-30(37)3)39-23-22-32(5)43-39/h22-23,26-29H,6-21,24-25H2,1-5H3. The number of unbranched alkanes of at least 4 members (excludes halogenated alkanes) is 14. The Morgan fingerprint density at radius 2 is 0.953 bits per heavy atom. The van der Waals surface area contributed by atoms with Crippen LogP contribution in [0, 0.1) is 20.8 Å². The van der Waals surface area contributed by atoms with E-state index in [9.17, 15) is 0 Å². The minimum atomic E-state index is 0.282. The van der Waals surface area contributed by atoms with Gasteiger partial charge in [0.1, 0.15) is 11.5 Å². The van der Waals surface area contributed by atoms with Gasteiger partial charge >= 0.3 is 0 Å². The minimum Gasteiger partial charge on any atom is -0.493 e. The molecular weight excluding hydrogens is 543 g/mol. The number of fused-ring (bicyclic) bond motifs is 3. The van der Waals surface area contributed by atoms with Gasteiger partial charge in [-0.3, -0.25) is 0 Å². The first-order valence-corrected chi connectivity index (χ1v) is 18.5. The number of rotatable bonds is 21. The Bertz CT molecular complexity index is 1180. The van der Waals surface area contributed by atoms with E-state index in [4.69, 9.17) is 9.47 Å². The third-order valence-corrected chi connectivity index (χ3v) is 10.2. The van der Waals surface area contributed by atoms with Crippen molar-refractivity contribution in [3.63, 3.8) is 0 Å². The highest BCUT2D eigenvalue weighted by Gasteiger charge is 2.36. The molecule has 0 aliphatic carbocycles. The van der Waals surface area contributed by atoms with Crippen LogP contribution in [0.25, 0.3) is 11.1 Å². The lowest BCUT2D eigenvalue weighted by Crippen LogP contribution is -2.47. The molecule has 0 N–H and O–H groups in total. The van der Waals surface area contributed by atoms with Crippen LogP contribution in [0.3, 0.4) is 0 Å². The summed E-state index contributed by atoms with van der Waals surface area (Å²) in [6.45, 7) is 13.1. The molecule has 0 saturated heterocycles. The maximum Gasteiger partial charge on any atom is 0.255 e. The Morgan fingerprint density at radius 3 is 1.35 bits per heavy atom. The Hall–Kier alpha value is -2.20. The summed E-state index contributed by atoms with van der Waals surface area (Å²) in [5.74, 6) is 2.08. The molecule has 0 unspecified atom stereocenters. The monoisotopic (exact) mass is 600 g/mol. The van der Waals surface area contributed by atoms with Crippen LogP contribution in [0.2, 0.25) is 0 Å². The van der Waals surface area contributed by atoms with Gasteiger partial charge < -0.3 is 9.47 Å². The van der Waals surface area contributed by atoms with Crippen molar-refractivity contribution in [2.45, 2.75) is 137 Å². The SMILES string of the molecule is CCCCCCCCCCOc1cc2c(cc1C)B(c1ccc(C)s1)c1cc(C)c(OCCCCCCCCCC)cc1-2. The van der Waals surface area contributed by atoms with E-state index < -0.39 is 0 Å². The van der Waals surface area contributed by atoms with Crippen LogP contribution >= 0.6 is 11.3 Å². The van der Waals surface area contributed by atoms with Crippen molar-refractivity contribution < 1.29 is 9.47 Å². The molecule has 0 spiro atoms. The molecule has 0 radical (unpaired) electrons. The second kappa shape index (κ2) is 17.9. The first-order chi connectivity index (χ1) is 21.0. The molecule has 2 heterocycles. The topological polar surface area (TPSA) is 18.5 Å². The van der Waals surface area contributed by atoms with E-state index in [1.165, 1.54) is 133 Å². The second-order valence-corrected chi connectivity index (χ2v) is 14.3. The summed E-state index contributed by atoms with van der Waals surface area (Å²) in [7, 11) is 0. The van der Waals surface area contributed by atoms with Crippen molar-refractivity contribution in [3.8, 4) is 22.6 Å². The fraction of sp³-hybridized carbons (Fsp3) is 0.590. The molecule has 0 bridgehead atoms. The average Bonchev–Trinajstić information content (AvgIpc) is 3.55. The smallest absolute Gasteiger partial charge is 0.255 e. The summed E-state index contributed by atoms with van der Waals surface area (Å²) >= 11 is 1.92. The van der Waals surface area contributed by atoms with E-state index in [0.717, 1.165) is 37.6 Å². The average molecular weight is 601 g/mol. The summed E-state index contributed by atoms with van der Waals surface area (Å²) in [5.41, 5.74) is 7.94. The van der Waals surface area contributed by atoms with E-state index >= 15 is 0 Å². The first kappa shape index (κ1) is 33.7. The quantitative estimate of drug-likeness (QED) is 0.0700. The Labute approximate surface area is 268 Å². The van der Waals surface area contributed by atoms with Gasteiger partial charge in [0.2, 0.25) is 0 Å². The lowest BCUT2D eigenvalue weighted by atomic mass is 9.42. The van der Waals surface area contributed by atoms with Gasteiger partial charge in [-0.2, -0.15) is 11.3 Å². The molecule has 0 saturated carbocycles. The molecule has 234 valence electrons. The van der Waals surface area contributed by atoms with Gasteiger partial charge in [-0.15, -0.1) is 0 Å². The van der Waals surface area contributed by atoms with Gasteiger partial charge in [-0.1, -0.05) is 133 Å². The molecule has 43 heavy (non-hydrogen) atoms. The van der Waals surface area contributed by atoms with Gasteiger partial charge in [0.25, 0.3) is 6.71 Å². The number of hydrogen-bond donors (Lipinski definition) is 0. The van der Waals surface area contributed by atoms with Gasteiger partial charge in [-0.25, -0.2) is 0 Å². The zero-order valence-corrected chi connectivity index (χ0v) is 28.8. The normalized spacial score (nSPS) is 12.1. The van der Waals surface area contributed by atoms with Crippen LogP contribution in [0.15, 0.2) is 36.4 Å². The molecular formula is C39H57BO2S. The fourth-order valence-corrected chi connectivity index (χ4v) is 7.61. The van der Waals surface area contributed by atoms with Gasteiger partial charge in [0.05, 0.1) is 13.2 Å². The van der Waals surface area contributed by atoms with Gasteiger partial charge in [-0.05, 0) is 78.8 Å². The summed E-state index contributed by atoms with van der Waals surface area (Å²) in [5, 5.41) is 0. The van der Waals surface area contributed by atoms with Crippen molar-refractivity contribution in [2.24, 2.45) is 0 Å². The molecule has 0 atom stereocenters. The van der Waals surface area contributed by atoms with Crippen molar-refractivity contribution in [1.82, 2.24) is 0 Å². The van der Waals surface area contributed by atoms with Crippen LogP contribution < -0.4 is 25.2 Å². The third kappa shape index (κ3) is 9.64. The van der Waals surface area contributed by atoms with E-state index in [1.807, 2.05) is 11.3 Å². The summed E-state index contributed by atoms with van der Waals surface area (Å²) in [4.78, 5) is 1.37. The van der Waals surface area contributed by atoms with Crippen molar-refractivity contribution in [3.05, 3.63) is 52.4 Å². The Morgan fingerprint density at radius 1 is 0.535 bits per heavy atom. The number of benzene rings is 2. The molecule has 2 nitrogen and oxygen atoms in total. The molecule has 0 fully saturated rings. The molecule has 4 rings (SSSR count). The third-order valence-electron chi connectivity index (χ3n) is 9.16. The van der Waals surface area contributed by atoms with Gasteiger partial charge in [0, 0.05) is 4.88 Å². The van der Waals surface area contributed by atoms with Crippen LogP contribution in [0.4, 0.5) is 0 Å². The number of thiophene rings is 1. The maximum atomic E-state index is 6.43. The first-order valence-electron chi connectivity index (χ1n) is 17.6. The van der Waals surface area contributed by atoms with E-state index in [0.29, 0.717) is 0 Å². The van der Waals surface area contributed by atoms with Crippen molar-refractivity contribution >= 4 is 33.8 Å². The highest BCUT2D eigenvalue weighted by atomic mass is 32.1. The van der Waals surface area contributed by atoms with Crippen LogP contribution in [-0.2, 0) is 0 Å². The van der Waals surface area contributed by atoms with Crippen molar-refractivity contribution in [2.75, 3.05) is 13.2 Å². The maximum absolute atomic E-state index is 6.43. The fourth-order valence-electron chi connectivity index (χ4n) is 6.59. The van der Waals surface area contributed by atoms with Crippen molar-refractivity contribution in [1.29, 1.82) is 0 Å². The highest BCUT2D eigenvalue weighted by Crippen LogP contribution is 2.34. The van der Waals surface area contributed by atoms with Crippen LogP contribution in [0.5, 0.6) is 11.5 Å². The van der Waals surface area contributed by atoms with Gasteiger partial charge in [0.15, 0.2) is 0 Å². The zero-order chi connectivity index (χ0) is 30.4. The summed E-state index contributed by atoms with van der Waals surface area (Å²) in [6.07, 6.45) is 21.1. The second-order valence-electron chi connectivity index (χ2n) is 12.9. The predicted molar refractivity (Wildman–Crippen MR) is 191 cm³/mol. The summed E-state index contributed by atoms with van der Waals surface area (Å²) < 4.78 is 14.3. The number of hydrogen-bond acceptors (Lipinski definition) is 3. The molecule has 0 amide bonds. The number of aryl methyl sites for hydroxylation is 3. The Kier molecular flexibility index (Phi) is 14.1. The van der Waals surface area contributed by atoms with Crippen LogP contribution in [-0.4, -0.2) is 19.9 Å². The lowest BCUT2D eigenvalue weighted by molar-refractivity contribution is 0.302. The molecule has 4 heteroatoms. The minimum absolute atomic E-state index is 0.282. The molecule has 2 aromatic carbocycles. The molecule has 3 aromatic rings. The summed E-state index contributed by atoms with van der Waals surface area (Å²) in [6, 6.07) is 14.0. The lowest BCUT2D eigenvalue weighted by Gasteiger charge is -2.14. The number of ether oxygens (including phenoxy) is 2. The predicted octanol–water partition coefficient (Wildman–Crippen LogP) is 10.2.